The van der Waals surface area contributed by atoms with Crippen LogP contribution in [0.5, 0.6) is 0 Å². The van der Waals surface area contributed by atoms with Crippen LogP contribution >= 0.6 is 0 Å². The van der Waals surface area contributed by atoms with Gasteiger partial charge in [0.2, 0.25) is 0 Å². The zero-order valence-corrected chi connectivity index (χ0v) is 14.4. The Hall–Kier alpha value is -2.72. The Balaban J connectivity index is 2.09. The molecule has 1 aromatic rings. The fourth-order valence-electron chi connectivity index (χ4n) is 3.13. The van der Waals surface area contributed by atoms with Gasteiger partial charge >= 0.3 is 0 Å². The predicted octanol–water partition coefficient (Wildman–Crippen LogP) is 1.47. The molecule has 0 aromatic heterocycles. The van der Waals surface area contributed by atoms with Crippen molar-refractivity contribution in [1.29, 1.82) is 5.26 Å². The molecule has 0 radical (unpaired) electrons. The molecule has 2 amide bonds. The predicted molar refractivity (Wildman–Crippen MR) is 91.6 cm³/mol. The van der Waals surface area contributed by atoms with Gasteiger partial charge in [-0.3, -0.25) is 14.5 Å². The second-order valence-corrected chi connectivity index (χ2v) is 8.35. The number of rotatable bonds is 2. The Bertz CT molecular complexity index is 953. The van der Waals surface area contributed by atoms with E-state index < -0.39 is 27.7 Å². The van der Waals surface area contributed by atoms with Gasteiger partial charge in [0, 0.05) is 5.57 Å². The van der Waals surface area contributed by atoms with Crippen LogP contribution in [0.4, 0.5) is 0 Å². The van der Waals surface area contributed by atoms with Crippen molar-refractivity contribution in [2.24, 2.45) is 0 Å². The van der Waals surface area contributed by atoms with Gasteiger partial charge in [0.1, 0.15) is 11.6 Å². The van der Waals surface area contributed by atoms with Crippen LogP contribution in [0, 0.1) is 11.3 Å². The first-order valence-electron chi connectivity index (χ1n) is 7.80. The van der Waals surface area contributed by atoms with Gasteiger partial charge in [-0.15, -0.1) is 0 Å². The SMILES string of the molecule is CC1=C(C#N)C(=O)N(C2CCS(=O)(=O)C2)C(=O)C1=Cc1ccccc1. The van der Waals surface area contributed by atoms with Crippen molar-refractivity contribution < 1.29 is 18.0 Å². The molecule has 0 aliphatic carbocycles. The number of nitriles is 1. The van der Waals surface area contributed by atoms with Crippen LogP contribution in [-0.4, -0.2) is 42.7 Å². The van der Waals surface area contributed by atoms with Gasteiger partial charge in [0.25, 0.3) is 11.8 Å². The summed E-state index contributed by atoms with van der Waals surface area (Å²) in [4.78, 5) is 26.4. The molecule has 3 rings (SSSR count). The van der Waals surface area contributed by atoms with E-state index in [9.17, 15) is 23.3 Å². The van der Waals surface area contributed by atoms with E-state index in [-0.39, 0.29) is 29.1 Å². The van der Waals surface area contributed by atoms with Crippen molar-refractivity contribution in [1.82, 2.24) is 4.90 Å². The van der Waals surface area contributed by atoms with Crippen LogP contribution < -0.4 is 0 Å². The lowest BCUT2D eigenvalue weighted by Crippen LogP contribution is -2.49. The molecule has 1 atom stereocenters. The summed E-state index contributed by atoms with van der Waals surface area (Å²) >= 11 is 0. The number of amides is 2. The van der Waals surface area contributed by atoms with Crippen molar-refractivity contribution in [2.45, 2.75) is 19.4 Å². The number of sulfone groups is 1. The van der Waals surface area contributed by atoms with E-state index >= 15 is 0 Å². The topological polar surface area (TPSA) is 95.3 Å². The normalized spacial score (nSPS) is 24.7. The summed E-state index contributed by atoms with van der Waals surface area (Å²) in [5.74, 6) is -1.57. The number of imide groups is 1. The lowest BCUT2D eigenvalue weighted by molar-refractivity contribution is -0.142. The summed E-state index contributed by atoms with van der Waals surface area (Å²) in [7, 11) is -3.27. The van der Waals surface area contributed by atoms with Gasteiger partial charge < -0.3 is 0 Å². The fourth-order valence-corrected chi connectivity index (χ4v) is 4.83. The maximum absolute atomic E-state index is 12.9. The molecule has 2 heterocycles. The largest absolute Gasteiger partial charge is 0.271 e. The lowest BCUT2D eigenvalue weighted by Gasteiger charge is -2.31. The Labute approximate surface area is 146 Å². The second-order valence-electron chi connectivity index (χ2n) is 6.12. The van der Waals surface area contributed by atoms with Crippen molar-refractivity contribution in [3.63, 3.8) is 0 Å². The smallest absolute Gasteiger partial charge is 0.270 e. The van der Waals surface area contributed by atoms with Crippen LogP contribution in [0.2, 0.25) is 0 Å². The van der Waals surface area contributed by atoms with E-state index in [1.54, 1.807) is 25.1 Å². The first kappa shape index (κ1) is 17.1. The molecular weight excluding hydrogens is 340 g/mol. The van der Waals surface area contributed by atoms with E-state index in [0.717, 1.165) is 10.5 Å². The molecule has 0 saturated carbocycles. The third-order valence-corrected chi connectivity index (χ3v) is 6.21. The van der Waals surface area contributed by atoms with E-state index in [1.165, 1.54) is 0 Å². The molecule has 25 heavy (non-hydrogen) atoms. The third-order valence-electron chi connectivity index (χ3n) is 4.46. The van der Waals surface area contributed by atoms with Crippen molar-refractivity contribution in [3.05, 3.63) is 52.6 Å². The molecule has 1 unspecified atom stereocenters. The minimum atomic E-state index is -3.27. The van der Waals surface area contributed by atoms with Gasteiger partial charge in [-0.1, -0.05) is 30.3 Å². The molecular formula is C18H16N2O4S. The summed E-state index contributed by atoms with van der Waals surface area (Å²) in [6, 6.07) is 10.2. The number of carbonyl (C=O) groups is 2. The number of hydrogen-bond donors (Lipinski definition) is 0. The van der Waals surface area contributed by atoms with Gasteiger partial charge in [-0.2, -0.15) is 5.26 Å². The van der Waals surface area contributed by atoms with Crippen LogP contribution in [0.25, 0.3) is 6.08 Å². The van der Waals surface area contributed by atoms with E-state index in [1.807, 2.05) is 24.3 Å². The molecule has 1 saturated heterocycles. The molecule has 2 aliphatic rings. The van der Waals surface area contributed by atoms with Crippen molar-refractivity contribution in [2.75, 3.05) is 11.5 Å². The zero-order chi connectivity index (χ0) is 18.2. The van der Waals surface area contributed by atoms with Crippen LogP contribution in [0.15, 0.2) is 47.1 Å². The zero-order valence-electron chi connectivity index (χ0n) is 13.6. The highest BCUT2D eigenvalue weighted by Crippen LogP contribution is 2.31. The summed E-state index contributed by atoms with van der Waals surface area (Å²) in [5.41, 5.74) is 1.20. The van der Waals surface area contributed by atoms with Gasteiger partial charge in [-0.05, 0) is 30.6 Å². The Morgan fingerprint density at radius 3 is 2.44 bits per heavy atom. The van der Waals surface area contributed by atoms with Crippen LogP contribution in [-0.2, 0) is 19.4 Å². The molecule has 7 heteroatoms. The molecule has 0 spiro atoms. The van der Waals surface area contributed by atoms with Gasteiger partial charge in [0.05, 0.1) is 17.5 Å². The summed E-state index contributed by atoms with van der Waals surface area (Å²) < 4.78 is 23.5. The van der Waals surface area contributed by atoms with Crippen LogP contribution in [0.3, 0.4) is 0 Å². The highest BCUT2D eigenvalue weighted by atomic mass is 32.2. The summed E-state index contributed by atoms with van der Waals surface area (Å²) in [6.07, 6.45) is 1.83. The van der Waals surface area contributed by atoms with Gasteiger partial charge in [0.15, 0.2) is 9.84 Å². The molecule has 2 aliphatic heterocycles. The van der Waals surface area contributed by atoms with Crippen LogP contribution in [0.1, 0.15) is 18.9 Å². The molecule has 128 valence electrons. The number of carbonyl (C=O) groups excluding carboxylic acids is 2. The maximum Gasteiger partial charge on any atom is 0.271 e. The third kappa shape index (κ3) is 3.13. The van der Waals surface area contributed by atoms with Crippen molar-refractivity contribution >= 4 is 27.7 Å². The van der Waals surface area contributed by atoms with E-state index in [0.29, 0.717) is 5.57 Å². The number of benzene rings is 1. The Kier molecular flexibility index (Phi) is 4.31. The molecule has 6 nitrogen and oxygen atoms in total. The van der Waals surface area contributed by atoms with E-state index in [2.05, 4.69) is 0 Å². The monoisotopic (exact) mass is 356 g/mol. The summed E-state index contributed by atoms with van der Waals surface area (Å²) in [5, 5.41) is 9.35. The molecule has 1 fully saturated rings. The summed E-state index contributed by atoms with van der Waals surface area (Å²) in [6.45, 7) is 1.56. The fraction of sp³-hybridized carbons (Fsp3) is 0.278. The number of nitrogens with zero attached hydrogens (tertiary/aromatic N) is 2. The maximum atomic E-state index is 12.9. The van der Waals surface area contributed by atoms with Crippen molar-refractivity contribution in [3.8, 4) is 6.07 Å². The van der Waals surface area contributed by atoms with E-state index in [4.69, 9.17) is 0 Å². The quantitative estimate of drug-likeness (QED) is 0.591. The number of hydrogen-bond acceptors (Lipinski definition) is 5. The minimum absolute atomic E-state index is 0.0585. The Morgan fingerprint density at radius 1 is 1.20 bits per heavy atom. The standard InChI is InChI=1S/C18H16N2O4S/c1-12-15(9-13-5-3-2-4-6-13)17(21)20(18(22)16(12)10-19)14-7-8-25(23,24)11-14/h2-6,9,14H,7-8,11H2,1H3. The average Bonchev–Trinajstić information content (AvgIpc) is 2.92. The lowest BCUT2D eigenvalue weighted by atomic mass is 9.92. The average molecular weight is 356 g/mol. The second kappa shape index (κ2) is 6.30. The molecule has 0 N–H and O–H groups in total. The first-order chi connectivity index (χ1) is 11.8. The molecule has 1 aromatic carbocycles. The minimum Gasteiger partial charge on any atom is -0.270 e. The van der Waals surface area contributed by atoms with Gasteiger partial charge in [-0.25, -0.2) is 8.42 Å². The molecule has 0 bridgehead atoms. The highest BCUT2D eigenvalue weighted by molar-refractivity contribution is 7.91. The first-order valence-corrected chi connectivity index (χ1v) is 9.62. The highest BCUT2D eigenvalue weighted by Gasteiger charge is 2.43. The Morgan fingerprint density at radius 2 is 1.88 bits per heavy atom.